The predicted molar refractivity (Wildman–Crippen MR) is 102 cm³/mol. The molecule has 0 aromatic carbocycles. The van der Waals surface area contributed by atoms with Gasteiger partial charge in [0.1, 0.15) is 8.42 Å². The average Bonchev–Trinajstić information content (AvgIpc) is 2.98. The van der Waals surface area contributed by atoms with Gasteiger partial charge < -0.3 is 10.1 Å². The van der Waals surface area contributed by atoms with Crippen molar-refractivity contribution in [2.24, 2.45) is 4.40 Å². The van der Waals surface area contributed by atoms with Crippen molar-refractivity contribution < 1.29 is 21.6 Å². The molecule has 1 aliphatic rings. The van der Waals surface area contributed by atoms with Crippen LogP contribution < -0.4 is 5.32 Å². The van der Waals surface area contributed by atoms with Crippen molar-refractivity contribution in [1.29, 1.82) is 0 Å². The van der Waals surface area contributed by atoms with E-state index in [0.717, 1.165) is 11.3 Å². The van der Waals surface area contributed by atoms with Gasteiger partial charge in [-0.25, -0.2) is 8.42 Å². The van der Waals surface area contributed by atoms with E-state index < -0.39 is 20.0 Å². The summed E-state index contributed by atoms with van der Waals surface area (Å²) in [5.41, 5.74) is 0.894. The van der Waals surface area contributed by atoms with Crippen molar-refractivity contribution >= 4 is 37.1 Å². The van der Waals surface area contributed by atoms with Crippen LogP contribution >= 0.6 is 11.3 Å². The highest BCUT2D eigenvalue weighted by Gasteiger charge is 2.39. The van der Waals surface area contributed by atoms with Crippen LogP contribution in [0.2, 0.25) is 0 Å². The summed E-state index contributed by atoms with van der Waals surface area (Å²) in [6, 6.07) is 1.19. The number of fused-ring (bicyclic) bond motifs is 1. The van der Waals surface area contributed by atoms with Crippen molar-refractivity contribution in [3.8, 4) is 0 Å². The van der Waals surface area contributed by atoms with E-state index in [1.807, 2.05) is 6.92 Å². The van der Waals surface area contributed by atoms with E-state index in [1.165, 1.54) is 10.4 Å². The lowest BCUT2D eigenvalue weighted by Crippen LogP contribution is -2.43. The molecule has 0 saturated carbocycles. The van der Waals surface area contributed by atoms with Gasteiger partial charge in [-0.05, 0) is 32.9 Å². The van der Waals surface area contributed by atoms with Gasteiger partial charge in [-0.2, -0.15) is 17.1 Å². The summed E-state index contributed by atoms with van der Waals surface area (Å²) in [7, 11) is -6.08. The number of rotatable bonds is 8. The Hall–Kier alpha value is -0.850. The summed E-state index contributed by atoms with van der Waals surface area (Å²) in [5.74, 6) is 0. The van der Waals surface area contributed by atoms with Crippen molar-refractivity contribution in [2.75, 3.05) is 33.4 Å². The lowest BCUT2D eigenvalue weighted by molar-refractivity contribution is 0.185. The largest absolute Gasteiger partial charge is 0.385 e. The summed E-state index contributed by atoms with van der Waals surface area (Å²) in [4.78, 5) is 0. The summed E-state index contributed by atoms with van der Waals surface area (Å²) in [6.07, 6.45) is 0.569. The van der Waals surface area contributed by atoms with Crippen molar-refractivity contribution in [3.05, 3.63) is 11.6 Å². The molecular formula is C15H25N3O5S3. The first-order valence-corrected chi connectivity index (χ1v) is 12.0. The molecule has 1 aromatic rings. The summed E-state index contributed by atoms with van der Waals surface area (Å²) in [5, 5.41) is 3.24. The number of ether oxygens (including phenoxy) is 1. The van der Waals surface area contributed by atoms with Crippen LogP contribution in [-0.2, 0) is 24.8 Å². The molecule has 0 amide bonds. The zero-order chi connectivity index (χ0) is 19.5. The first-order valence-electron chi connectivity index (χ1n) is 8.27. The van der Waals surface area contributed by atoms with Gasteiger partial charge in [-0.3, -0.25) is 0 Å². The summed E-state index contributed by atoms with van der Waals surface area (Å²) < 4.78 is 60.8. The molecule has 1 atom stereocenters. The van der Waals surface area contributed by atoms with Crippen LogP contribution in [-0.4, -0.2) is 60.2 Å². The topological polar surface area (TPSA) is 105 Å². The number of hydrogen-bond acceptors (Lipinski definition) is 7. The van der Waals surface area contributed by atoms with Crippen LogP contribution in [0.25, 0.3) is 0 Å². The molecule has 148 valence electrons. The van der Waals surface area contributed by atoms with Gasteiger partial charge in [0.05, 0.1) is 0 Å². The number of thiophene rings is 1. The van der Waals surface area contributed by atoms with Gasteiger partial charge in [0.15, 0.2) is 0 Å². The molecule has 0 fully saturated rings. The van der Waals surface area contributed by atoms with E-state index in [-0.39, 0.29) is 21.0 Å². The monoisotopic (exact) mass is 423 g/mol. The van der Waals surface area contributed by atoms with Crippen molar-refractivity contribution in [3.63, 3.8) is 0 Å². The van der Waals surface area contributed by atoms with Gasteiger partial charge in [-0.15, -0.1) is 11.3 Å². The van der Waals surface area contributed by atoms with E-state index in [4.69, 9.17) is 4.74 Å². The minimum atomic E-state index is -3.90. The minimum Gasteiger partial charge on any atom is -0.385 e. The van der Waals surface area contributed by atoms with Crippen LogP contribution in [0.15, 0.2) is 18.9 Å². The summed E-state index contributed by atoms with van der Waals surface area (Å²) >= 11 is 0.768. The Morgan fingerprint density at radius 3 is 2.73 bits per heavy atom. The lowest BCUT2D eigenvalue weighted by Gasteiger charge is -2.32. The molecule has 1 aliphatic heterocycles. The molecule has 11 heteroatoms. The van der Waals surface area contributed by atoms with Crippen LogP contribution in [0, 0.1) is 0 Å². The van der Waals surface area contributed by atoms with Gasteiger partial charge in [-0.1, -0.05) is 6.92 Å². The van der Waals surface area contributed by atoms with E-state index in [1.54, 1.807) is 21.0 Å². The molecule has 0 radical (unpaired) electrons. The molecule has 2 rings (SSSR count). The second-order valence-corrected chi connectivity index (χ2v) is 11.2. The van der Waals surface area contributed by atoms with Gasteiger partial charge in [0.25, 0.3) is 20.0 Å². The van der Waals surface area contributed by atoms with Crippen LogP contribution in [0.4, 0.5) is 0 Å². The highest BCUT2D eigenvalue weighted by atomic mass is 32.3. The molecule has 0 aliphatic carbocycles. The third-order valence-electron chi connectivity index (χ3n) is 3.80. The predicted octanol–water partition coefficient (Wildman–Crippen LogP) is 1.61. The molecule has 8 nitrogen and oxygen atoms in total. The molecule has 0 spiro atoms. The second kappa shape index (κ2) is 8.44. The number of sulfonamides is 2. The van der Waals surface area contributed by atoms with Crippen molar-refractivity contribution in [1.82, 2.24) is 9.62 Å². The molecule has 1 N–H and O–H groups in total. The fourth-order valence-electron chi connectivity index (χ4n) is 2.76. The van der Waals surface area contributed by atoms with Crippen LogP contribution in [0.5, 0.6) is 0 Å². The highest BCUT2D eigenvalue weighted by molar-refractivity contribution is 7.94. The fraction of sp³-hybridized carbons (Fsp3) is 0.667. The van der Waals surface area contributed by atoms with Crippen LogP contribution in [0.3, 0.4) is 0 Å². The zero-order valence-corrected chi connectivity index (χ0v) is 17.8. The molecular weight excluding hydrogens is 398 g/mol. The maximum atomic E-state index is 12.9. The Balaban J connectivity index is 2.50. The Morgan fingerprint density at radius 1 is 1.46 bits per heavy atom. The first-order chi connectivity index (χ1) is 12.1. The maximum absolute atomic E-state index is 12.9. The molecule has 2 heterocycles. The Bertz CT molecular complexity index is 870. The third-order valence-corrected chi connectivity index (χ3v) is 9.25. The molecule has 0 unspecified atom stereocenters. The number of likely N-dealkylation sites (N-methyl/N-ethyl adjacent to an activating group) is 1. The molecule has 1 aromatic heterocycles. The Labute approximate surface area is 159 Å². The number of hydrogen-bond donors (Lipinski definition) is 1. The number of nitrogens with zero attached hydrogens (tertiary/aromatic N) is 2. The maximum Gasteiger partial charge on any atom is 0.291 e. The summed E-state index contributed by atoms with van der Waals surface area (Å²) in [6.45, 7) is 6.77. The van der Waals surface area contributed by atoms with E-state index >= 15 is 0 Å². The first kappa shape index (κ1) is 21.5. The van der Waals surface area contributed by atoms with Gasteiger partial charge in [0.2, 0.25) is 0 Å². The Kier molecular flexibility index (Phi) is 6.97. The molecule has 26 heavy (non-hydrogen) atoms. The SMILES string of the molecule is CCN[C@H]1CN(CCCOC)S(=O)(=O)c2sc(S(=O)(=O)N=C(C)C)cc21. The minimum absolute atomic E-state index is 0.0473. The average molecular weight is 424 g/mol. The van der Waals surface area contributed by atoms with Crippen LogP contribution in [0.1, 0.15) is 38.8 Å². The molecule has 0 saturated heterocycles. The quantitative estimate of drug-likeness (QED) is 0.503. The third kappa shape index (κ3) is 4.52. The molecule has 0 bridgehead atoms. The van der Waals surface area contributed by atoms with Gasteiger partial charge >= 0.3 is 0 Å². The Morgan fingerprint density at radius 2 is 2.15 bits per heavy atom. The lowest BCUT2D eigenvalue weighted by atomic mass is 10.1. The fourth-order valence-corrected chi connectivity index (χ4v) is 7.69. The van der Waals surface area contributed by atoms with E-state index in [9.17, 15) is 16.8 Å². The number of methoxy groups -OCH3 is 1. The van der Waals surface area contributed by atoms with Crippen molar-refractivity contribution in [2.45, 2.75) is 41.7 Å². The second-order valence-electron chi connectivity index (χ2n) is 6.14. The standard InChI is InChI=1S/C15H25N3O5S3/c1-5-16-13-10-18(7-6-8-23-4)26(21,22)15-12(13)9-14(24-15)25(19,20)17-11(2)3/h9,13,16H,5-8,10H2,1-4H3/t13-/m0/s1. The number of nitrogens with one attached hydrogen (secondary N) is 1. The normalized spacial score (nSPS) is 19.9. The van der Waals surface area contributed by atoms with E-state index in [0.29, 0.717) is 37.4 Å². The van der Waals surface area contributed by atoms with E-state index in [2.05, 4.69) is 9.71 Å². The highest BCUT2D eigenvalue weighted by Crippen LogP contribution is 2.40. The van der Waals surface area contributed by atoms with Gasteiger partial charge in [0, 0.05) is 44.1 Å². The smallest absolute Gasteiger partial charge is 0.291 e. The zero-order valence-electron chi connectivity index (χ0n) is 15.4.